The van der Waals surface area contributed by atoms with Crippen molar-refractivity contribution in [3.8, 4) is 0 Å². The average Bonchev–Trinajstić information content (AvgIpc) is 3.12. The molecule has 3 saturated heterocycles. The molecule has 1 N–H and O–H groups in total. The summed E-state index contributed by atoms with van der Waals surface area (Å²) < 4.78 is 41.5. The number of hydrogen-bond donors (Lipinski definition) is 1. The van der Waals surface area contributed by atoms with E-state index in [-0.39, 0.29) is 22.0 Å². The maximum atomic E-state index is 14.2. The maximum Gasteiger partial charge on any atom is 0.246 e. The van der Waals surface area contributed by atoms with E-state index < -0.39 is 15.8 Å². The predicted molar refractivity (Wildman–Crippen MR) is 77.1 cm³/mol. The lowest BCUT2D eigenvalue weighted by molar-refractivity contribution is 0.354. The standard InChI is InChI=1S/C14H16ClFN2O2S/c15-10-2-1-3-13(14(10)16)21(19,20)18-11-4-5-12(18)9-7-17-6-8(9)11/h1-3,8-9,11-12,17H,4-7H2/t8-,9+,11-,12+. The van der Waals surface area contributed by atoms with E-state index in [1.54, 1.807) is 4.31 Å². The molecule has 3 aliphatic heterocycles. The van der Waals surface area contributed by atoms with Crippen LogP contribution in [0.25, 0.3) is 0 Å². The molecule has 1 aromatic carbocycles. The summed E-state index contributed by atoms with van der Waals surface area (Å²) in [4.78, 5) is -0.292. The minimum Gasteiger partial charge on any atom is -0.316 e. The predicted octanol–water partition coefficient (Wildman–Crippen LogP) is 1.85. The summed E-state index contributed by atoms with van der Waals surface area (Å²) in [5, 5.41) is 3.19. The molecule has 0 saturated carbocycles. The summed E-state index contributed by atoms with van der Waals surface area (Å²) in [6, 6.07) is 4.16. The van der Waals surface area contributed by atoms with Crippen molar-refractivity contribution in [2.45, 2.75) is 29.8 Å². The van der Waals surface area contributed by atoms with Gasteiger partial charge in [0.25, 0.3) is 0 Å². The molecule has 21 heavy (non-hydrogen) atoms. The molecule has 0 radical (unpaired) electrons. The first-order chi connectivity index (χ1) is 10.0. The molecule has 4 nitrogen and oxygen atoms in total. The first kappa shape index (κ1) is 13.9. The fraction of sp³-hybridized carbons (Fsp3) is 0.571. The Morgan fingerprint density at radius 1 is 1.19 bits per heavy atom. The molecule has 0 aliphatic carbocycles. The van der Waals surface area contributed by atoms with E-state index >= 15 is 0 Å². The zero-order chi connectivity index (χ0) is 14.8. The number of hydrogen-bond acceptors (Lipinski definition) is 3. The Balaban J connectivity index is 1.78. The van der Waals surface area contributed by atoms with Gasteiger partial charge in [-0.1, -0.05) is 17.7 Å². The monoisotopic (exact) mass is 330 g/mol. The van der Waals surface area contributed by atoms with Crippen molar-refractivity contribution in [3.63, 3.8) is 0 Å². The van der Waals surface area contributed by atoms with Crippen LogP contribution >= 0.6 is 11.6 Å². The molecule has 4 atom stereocenters. The van der Waals surface area contributed by atoms with Gasteiger partial charge in [-0.05, 0) is 49.9 Å². The quantitative estimate of drug-likeness (QED) is 0.900. The summed E-state index contributed by atoms with van der Waals surface area (Å²) in [6.07, 6.45) is 1.74. The highest BCUT2D eigenvalue weighted by molar-refractivity contribution is 7.89. The highest BCUT2D eigenvalue weighted by Gasteiger charge is 2.59. The van der Waals surface area contributed by atoms with Crippen molar-refractivity contribution < 1.29 is 12.8 Å². The molecule has 3 fully saturated rings. The minimum absolute atomic E-state index is 0.00150. The molecule has 0 unspecified atom stereocenters. The zero-order valence-electron chi connectivity index (χ0n) is 11.3. The van der Waals surface area contributed by atoms with E-state index in [4.69, 9.17) is 11.6 Å². The first-order valence-electron chi connectivity index (χ1n) is 7.20. The normalized spacial score (nSPS) is 35.3. The van der Waals surface area contributed by atoms with Crippen LogP contribution in [0.1, 0.15) is 12.8 Å². The van der Waals surface area contributed by atoms with Gasteiger partial charge >= 0.3 is 0 Å². The van der Waals surface area contributed by atoms with Crippen LogP contribution in [-0.4, -0.2) is 37.9 Å². The van der Waals surface area contributed by atoms with Crippen LogP contribution in [0.2, 0.25) is 5.02 Å². The number of nitrogens with zero attached hydrogens (tertiary/aromatic N) is 1. The van der Waals surface area contributed by atoms with Gasteiger partial charge in [0.05, 0.1) is 5.02 Å². The maximum absolute atomic E-state index is 14.2. The third-order valence-electron chi connectivity index (χ3n) is 5.18. The third-order valence-corrected chi connectivity index (χ3v) is 7.44. The topological polar surface area (TPSA) is 49.4 Å². The van der Waals surface area contributed by atoms with Crippen LogP contribution in [0.3, 0.4) is 0 Å². The fourth-order valence-electron chi connectivity index (χ4n) is 4.36. The second kappa shape index (κ2) is 4.65. The summed E-state index contributed by atoms with van der Waals surface area (Å²) >= 11 is 5.74. The van der Waals surface area contributed by atoms with E-state index in [0.29, 0.717) is 11.8 Å². The Hall–Kier alpha value is -0.690. The second-order valence-corrected chi connectivity index (χ2v) is 8.30. The van der Waals surface area contributed by atoms with E-state index in [0.717, 1.165) is 25.9 Å². The molecule has 0 aromatic heterocycles. The van der Waals surface area contributed by atoms with Gasteiger partial charge in [0.1, 0.15) is 4.90 Å². The molecule has 3 aliphatic rings. The van der Waals surface area contributed by atoms with E-state index in [2.05, 4.69) is 5.32 Å². The van der Waals surface area contributed by atoms with Gasteiger partial charge in [0.2, 0.25) is 10.0 Å². The van der Waals surface area contributed by atoms with Crippen LogP contribution in [0.5, 0.6) is 0 Å². The molecule has 114 valence electrons. The van der Waals surface area contributed by atoms with Crippen LogP contribution in [0.15, 0.2) is 23.1 Å². The lowest BCUT2D eigenvalue weighted by atomic mass is 9.82. The molecule has 4 rings (SSSR count). The average molecular weight is 331 g/mol. The Morgan fingerprint density at radius 3 is 2.43 bits per heavy atom. The molecular formula is C14H16ClFN2O2S. The van der Waals surface area contributed by atoms with Crippen molar-refractivity contribution >= 4 is 21.6 Å². The van der Waals surface area contributed by atoms with E-state index in [9.17, 15) is 12.8 Å². The lowest BCUT2D eigenvalue weighted by Gasteiger charge is -2.24. The molecule has 0 amide bonds. The van der Waals surface area contributed by atoms with Gasteiger partial charge in [-0.3, -0.25) is 0 Å². The number of sulfonamides is 1. The first-order valence-corrected chi connectivity index (χ1v) is 9.02. The Kier molecular flexibility index (Phi) is 3.09. The lowest BCUT2D eigenvalue weighted by Crippen LogP contribution is -2.39. The Morgan fingerprint density at radius 2 is 1.81 bits per heavy atom. The minimum atomic E-state index is -3.82. The highest BCUT2D eigenvalue weighted by Crippen LogP contribution is 2.50. The van der Waals surface area contributed by atoms with Crippen molar-refractivity contribution in [3.05, 3.63) is 29.0 Å². The van der Waals surface area contributed by atoms with Crippen LogP contribution in [0, 0.1) is 17.7 Å². The summed E-state index contributed by atoms with van der Waals surface area (Å²) in [5.41, 5.74) is 0. The fourth-order valence-corrected chi connectivity index (χ4v) is 6.64. The number of rotatable bonds is 2. The summed E-state index contributed by atoms with van der Waals surface area (Å²) in [5.74, 6) is -0.115. The molecule has 2 bridgehead atoms. The number of benzene rings is 1. The smallest absolute Gasteiger partial charge is 0.246 e. The van der Waals surface area contributed by atoms with Crippen molar-refractivity contribution in [2.24, 2.45) is 11.8 Å². The van der Waals surface area contributed by atoms with E-state index in [1.165, 1.54) is 18.2 Å². The molecule has 3 heterocycles. The van der Waals surface area contributed by atoms with Gasteiger partial charge < -0.3 is 5.32 Å². The van der Waals surface area contributed by atoms with Crippen LogP contribution in [0.4, 0.5) is 4.39 Å². The van der Waals surface area contributed by atoms with Crippen LogP contribution in [-0.2, 0) is 10.0 Å². The number of nitrogens with one attached hydrogen (secondary N) is 1. The Labute approximate surface area is 128 Å². The number of halogens is 2. The molecular weight excluding hydrogens is 315 g/mol. The number of fused-ring (bicyclic) bond motifs is 5. The van der Waals surface area contributed by atoms with Gasteiger partial charge in [0.15, 0.2) is 5.82 Å². The molecule has 0 spiro atoms. The van der Waals surface area contributed by atoms with Crippen molar-refractivity contribution in [2.75, 3.05) is 13.1 Å². The van der Waals surface area contributed by atoms with Gasteiger partial charge in [-0.2, -0.15) is 4.31 Å². The van der Waals surface area contributed by atoms with Crippen LogP contribution < -0.4 is 5.32 Å². The summed E-state index contributed by atoms with van der Waals surface area (Å²) in [6.45, 7) is 1.71. The molecule has 7 heteroatoms. The van der Waals surface area contributed by atoms with Gasteiger partial charge in [0, 0.05) is 12.1 Å². The second-order valence-electron chi connectivity index (χ2n) is 6.08. The Bertz CT molecular complexity index is 678. The van der Waals surface area contributed by atoms with Crippen molar-refractivity contribution in [1.82, 2.24) is 9.62 Å². The largest absolute Gasteiger partial charge is 0.316 e. The molecule has 1 aromatic rings. The zero-order valence-corrected chi connectivity index (χ0v) is 12.9. The summed E-state index contributed by atoms with van der Waals surface area (Å²) in [7, 11) is -3.82. The SMILES string of the molecule is O=S(=O)(c1cccc(Cl)c1F)N1[C@@H]2CC[C@H]1[C@H]1CNC[C@H]12. The van der Waals surface area contributed by atoms with Crippen molar-refractivity contribution in [1.29, 1.82) is 0 Å². The van der Waals surface area contributed by atoms with E-state index in [1.807, 2.05) is 0 Å². The van der Waals surface area contributed by atoms with Gasteiger partial charge in [-0.25, -0.2) is 12.8 Å². The highest BCUT2D eigenvalue weighted by atomic mass is 35.5. The van der Waals surface area contributed by atoms with Gasteiger partial charge in [-0.15, -0.1) is 0 Å². The third kappa shape index (κ3) is 1.82.